The van der Waals surface area contributed by atoms with Gasteiger partial charge in [0.05, 0.1) is 22.9 Å². The Morgan fingerprint density at radius 1 is 0.778 bits per heavy atom. The number of benzene rings is 3. The number of aryl methyl sites for hydroxylation is 1. The number of pyridine rings is 2. The number of anilines is 1. The molecule has 0 saturated carbocycles. The minimum atomic E-state index is -0.287. The minimum absolute atomic E-state index is 0.102. The summed E-state index contributed by atoms with van der Waals surface area (Å²) in [4.78, 5) is 2.22. The molecule has 4 heterocycles. The zero-order valence-corrected chi connectivity index (χ0v) is 28.2. The lowest BCUT2D eigenvalue weighted by Gasteiger charge is -2.49. The van der Waals surface area contributed by atoms with Crippen LogP contribution in [0.25, 0.3) is 33.3 Å². The number of unbranched alkanes of at least 4 members (excludes halogenated alkanes) is 1. The molecule has 0 amide bonds. The van der Waals surface area contributed by atoms with Gasteiger partial charge in [-0.05, 0) is 58.7 Å². The molecule has 0 radical (unpaired) electrons. The lowest BCUT2D eigenvalue weighted by Crippen LogP contribution is -2.81. The average Bonchev–Trinajstić information content (AvgIpc) is 3.06. The van der Waals surface area contributed by atoms with Crippen LogP contribution in [-0.2, 0) is 29.3 Å². The van der Waals surface area contributed by atoms with Gasteiger partial charge in [0.2, 0.25) is 16.9 Å². The minimum Gasteiger partial charge on any atom is -0.378 e. The summed E-state index contributed by atoms with van der Waals surface area (Å²) in [6.45, 7) is 12.1. The Kier molecular flexibility index (Phi) is 6.18. The maximum Gasteiger partial charge on any atom is 0.262 e. The topological polar surface area (TPSA) is 11.0 Å². The van der Waals surface area contributed by atoms with Crippen LogP contribution in [0.2, 0.25) is 0 Å². The third kappa shape index (κ3) is 3.48. The molecule has 1 unspecified atom stereocenters. The molecule has 3 heteroatoms. The zero-order valence-electron chi connectivity index (χ0n) is 28.2. The molecule has 8 rings (SSSR count). The van der Waals surface area contributed by atoms with Gasteiger partial charge in [-0.2, -0.15) is 9.13 Å². The van der Waals surface area contributed by atoms with Crippen molar-refractivity contribution in [2.24, 2.45) is 0 Å². The lowest BCUT2D eigenvalue weighted by molar-refractivity contribution is -0.867. The van der Waals surface area contributed by atoms with Crippen molar-refractivity contribution in [2.45, 2.75) is 89.6 Å². The smallest absolute Gasteiger partial charge is 0.262 e. The Hall–Kier alpha value is -3.98. The molecule has 3 aliphatic rings. The van der Waals surface area contributed by atoms with Crippen molar-refractivity contribution in [1.82, 2.24) is 0 Å². The monoisotopic (exact) mass is 593 g/mol. The number of hydrogen-bond donors (Lipinski definition) is 0. The van der Waals surface area contributed by atoms with Crippen molar-refractivity contribution in [3.63, 3.8) is 0 Å². The molecule has 45 heavy (non-hydrogen) atoms. The maximum atomic E-state index is 2.76. The third-order valence-corrected chi connectivity index (χ3v) is 12.0. The Morgan fingerprint density at radius 2 is 1.58 bits per heavy atom. The SMILES string of the molecule is CCCCc1cc2c3c4[n+](ccc3c1)C(CC)(CC)C1(Cc3ccc(N(C)C)cc3-c3cccc[n+]31)c1cccc(c1-4)C2(C)C. The van der Waals surface area contributed by atoms with E-state index in [1.165, 1.54) is 79.6 Å². The van der Waals surface area contributed by atoms with Gasteiger partial charge in [0.25, 0.3) is 5.54 Å². The van der Waals surface area contributed by atoms with Crippen LogP contribution in [-0.4, -0.2) is 14.1 Å². The normalized spacial score (nSPS) is 19.4. The Labute approximate surface area is 269 Å². The second-order valence-electron chi connectivity index (χ2n) is 14.6. The van der Waals surface area contributed by atoms with Crippen molar-refractivity contribution in [3.05, 3.63) is 113 Å². The van der Waals surface area contributed by atoms with E-state index in [1.807, 2.05) is 0 Å². The Balaban J connectivity index is 1.52. The highest BCUT2D eigenvalue weighted by Crippen LogP contribution is 2.58. The quantitative estimate of drug-likeness (QED) is 0.179. The lowest BCUT2D eigenvalue weighted by atomic mass is 9.57. The summed E-state index contributed by atoms with van der Waals surface area (Å²) in [7, 11) is 4.28. The molecule has 1 spiro atoms. The molecule has 5 aromatic rings. The molecular formula is C42H47N3+2. The fourth-order valence-corrected chi connectivity index (χ4v) is 9.74. The predicted octanol–water partition coefficient (Wildman–Crippen LogP) is 8.63. The first-order valence-corrected chi connectivity index (χ1v) is 17.2. The third-order valence-electron chi connectivity index (χ3n) is 12.0. The van der Waals surface area contributed by atoms with Crippen LogP contribution in [0, 0.1) is 0 Å². The molecule has 0 fully saturated rings. The van der Waals surface area contributed by atoms with E-state index in [9.17, 15) is 0 Å². The van der Waals surface area contributed by atoms with Crippen LogP contribution in [0.3, 0.4) is 0 Å². The first-order chi connectivity index (χ1) is 21.7. The van der Waals surface area contributed by atoms with Crippen molar-refractivity contribution >= 4 is 16.5 Å². The van der Waals surface area contributed by atoms with E-state index in [0.29, 0.717) is 0 Å². The van der Waals surface area contributed by atoms with Crippen molar-refractivity contribution in [3.8, 4) is 22.5 Å². The fraction of sp³-hybridized carbons (Fsp3) is 0.381. The number of aromatic nitrogens is 2. The summed E-state index contributed by atoms with van der Waals surface area (Å²) in [6, 6.07) is 28.7. The Bertz CT molecular complexity index is 2010. The highest BCUT2D eigenvalue weighted by atomic mass is 15.2. The van der Waals surface area contributed by atoms with E-state index >= 15 is 0 Å². The van der Waals surface area contributed by atoms with Crippen LogP contribution < -0.4 is 14.0 Å². The van der Waals surface area contributed by atoms with Gasteiger partial charge < -0.3 is 4.90 Å². The molecule has 0 saturated heterocycles. The highest BCUT2D eigenvalue weighted by molar-refractivity contribution is 6.01. The van der Waals surface area contributed by atoms with Gasteiger partial charge in [0.15, 0.2) is 12.4 Å². The van der Waals surface area contributed by atoms with Gasteiger partial charge in [0.1, 0.15) is 0 Å². The number of nitrogens with zero attached hydrogens (tertiary/aromatic N) is 3. The molecule has 2 aliphatic heterocycles. The summed E-state index contributed by atoms with van der Waals surface area (Å²) in [5.74, 6) is 0. The van der Waals surface area contributed by atoms with Gasteiger partial charge in [-0.25, -0.2) is 0 Å². The van der Waals surface area contributed by atoms with Crippen molar-refractivity contribution < 1.29 is 9.13 Å². The first-order valence-electron chi connectivity index (χ1n) is 17.2. The molecule has 2 aromatic heterocycles. The van der Waals surface area contributed by atoms with Gasteiger partial charge in [-0.1, -0.05) is 77.4 Å². The van der Waals surface area contributed by atoms with E-state index < -0.39 is 0 Å². The second-order valence-corrected chi connectivity index (χ2v) is 14.6. The number of rotatable bonds is 6. The second kappa shape index (κ2) is 9.76. The van der Waals surface area contributed by atoms with E-state index in [1.54, 1.807) is 0 Å². The summed E-state index contributed by atoms with van der Waals surface area (Å²) >= 11 is 0. The van der Waals surface area contributed by atoms with Gasteiger partial charge in [0, 0.05) is 61.8 Å². The first kappa shape index (κ1) is 28.5. The largest absolute Gasteiger partial charge is 0.378 e. The van der Waals surface area contributed by atoms with Gasteiger partial charge in [-0.3, -0.25) is 0 Å². The van der Waals surface area contributed by atoms with Gasteiger partial charge in [-0.15, -0.1) is 0 Å². The van der Waals surface area contributed by atoms with Crippen LogP contribution in [0.5, 0.6) is 0 Å². The zero-order chi connectivity index (χ0) is 31.3. The van der Waals surface area contributed by atoms with Crippen LogP contribution in [0.1, 0.15) is 88.1 Å². The van der Waals surface area contributed by atoms with Crippen molar-refractivity contribution in [1.29, 1.82) is 0 Å². The summed E-state index contributed by atoms with van der Waals surface area (Å²) < 4.78 is 5.45. The molecule has 3 nitrogen and oxygen atoms in total. The Morgan fingerprint density at radius 3 is 2.33 bits per heavy atom. The predicted molar refractivity (Wildman–Crippen MR) is 186 cm³/mol. The molecular weight excluding hydrogens is 546 g/mol. The van der Waals surface area contributed by atoms with Crippen LogP contribution >= 0.6 is 0 Å². The van der Waals surface area contributed by atoms with Crippen LogP contribution in [0.4, 0.5) is 5.69 Å². The molecule has 0 bridgehead atoms. The maximum absolute atomic E-state index is 2.76. The molecule has 1 atom stereocenters. The van der Waals surface area contributed by atoms with Gasteiger partial charge >= 0.3 is 0 Å². The molecule has 3 aromatic carbocycles. The average molecular weight is 594 g/mol. The molecule has 1 aliphatic carbocycles. The van der Waals surface area contributed by atoms with Crippen LogP contribution in [0.15, 0.2) is 85.2 Å². The number of fused-ring (bicyclic) bond motifs is 5. The van der Waals surface area contributed by atoms with E-state index in [0.717, 1.165) is 25.7 Å². The van der Waals surface area contributed by atoms with Crippen molar-refractivity contribution in [2.75, 3.05) is 19.0 Å². The fourth-order valence-electron chi connectivity index (χ4n) is 9.74. The van der Waals surface area contributed by atoms with E-state index in [4.69, 9.17) is 0 Å². The number of hydrogen-bond acceptors (Lipinski definition) is 1. The molecule has 0 N–H and O–H groups in total. The summed E-state index contributed by atoms with van der Waals surface area (Å²) in [5, 5.41) is 2.86. The standard InChI is InChI=1S/C42H47N3/c1-8-11-15-28-24-29-21-23-45-39-37(29)35(25-28)40(4,5)33-16-14-17-34(38(33)39)42(41(45,9-2)10-3)27-30-19-20-31(43(6)7)26-32(30)36-18-12-13-22-44(36)42/h12-14,16-26H,8-11,15,27H2,1-7H3/q+2. The summed E-state index contributed by atoms with van der Waals surface area (Å²) in [6.07, 6.45) is 11.5. The summed E-state index contributed by atoms with van der Waals surface area (Å²) in [5.41, 5.74) is 13.6. The highest BCUT2D eigenvalue weighted by Gasteiger charge is 2.71. The molecule has 228 valence electrons. The van der Waals surface area contributed by atoms with E-state index in [2.05, 4.69) is 148 Å². The van der Waals surface area contributed by atoms with E-state index in [-0.39, 0.29) is 16.5 Å².